The second-order valence-electron chi connectivity index (χ2n) is 4.30. The van der Waals surface area contributed by atoms with E-state index >= 15 is 0 Å². The van der Waals surface area contributed by atoms with Gasteiger partial charge in [-0.15, -0.1) is 11.3 Å². The molecule has 0 bridgehead atoms. The highest BCUT2D eigenvalue weighted by Crippen LogP contribution is 2.33. The van der Waals surface area contributed by atoms with Crippen LogP contribution >= 0.6 is 11.3 Å². The third-order valence-corrected chi connectivity index (χ3v) is 4.06. The minimum absolute atomic E-state index is 0.0304. The van der Waals surface area contributed by atoms with Crippen molar-refractivity contribution in [3.63, 3.8) is 0 Å². The molecular weight excluding hydrogens is 250 g/mol. The predicted molar refractivity (Wildman–Crippen MR) is 73.1 cm³/mol. The first-order valence-electron chi connectivity index (χ1n) is 5.88. The van der Waals surface area contributed by atoms with Gasteiger partial charge in [0.05, 0.1) is 47.4 Å². The van der Waals surface area contributed by atoms with Crippen LogP contribution in [-0.2, 0) is 4.74 Å². The third-order valence-electron chi connectivity index (χ3n) is 3.27. The Morgan fingerprint density at radius 1 is 1.56 bits per heavy atom. The summed E-state index contributed by atoms with van der Waals surface area (Å²) >= 11 is 1.58. The molecule has 1 aromatic carbocycles. The van der Waals surface area contributed by atoms with Gasteiger partial charge in [-0.1, -0.05) is 0 Å². The quantitative estimate of drug-likeness (QED) is 0.795. The summed E-state index contributed by atoms with van der Waals surface area (Å²) in [5.74, 6) is 0. The fraction of sp³-hybridized carbons (Fsp3) is 0.417. The zero-order chi connectivity index (χ0) is 12.5. The van der Waals surface area contributed by atoms with Crippen LogP contribution in [0.25, 0.3) is 10.2 Å². The number of thiazole rings is 1. The number of nitrogen functional groups attached to an aromatic ring is 1. The lowest BCUT2D eigenvalue weighted by Gasteiger charge is -2.36. The van der Waals surface area contributed by atoms with Crippen molar-refractivity contribution in [1.29, 1.82) is 0 Å². The molecule has 2 heterocycles. The van der Waals surface area contributed by atoms with Gasteiger partial charge < -0.3 is 20.5 Å². The summed E-state index contributed by atoms with van der Waals surface area (Å²) in [4.78, 5) is 6.41. The van der Waals surface area contributed by atoms with E-state index in [1.807, 2.05) is 12.1 Å². The first-order chi connectivity index (χ1) is 8.81. The van der Waals surface area contributed by atoms with Gasteiger partial charge >= 0.3 is 0 Å². The number of ether oxygens (including phenoxy) is 1. The lowest BCUT2D eigenvalue weighted by atomic mass is 10.1. The fourth-order valence-electron chi connectivity index (χ4n) is 2.32. The van der Waals surface area contributed by atoms with E-state index in [0.29, 0.717) is 18.9 Å². The molecule has 1 saturated heterocycles. The molecular formula is C12H15N3O2S. The largest absolute Gasteiger partial charge is 0.395 e. The molecule has 1 aliphatic heterocycles. The number of nitrogens with zero attached hydrogens (tertiary/aromatic N) is 2. The summed E-state index contributed by atoms with van der Waals surface area (Å²) in [6, 6.07) is 4.00. The zero-order valence-corrected chi connectivity index (χ0v) is 10.7. The molecule has 1 atom stereocenters. The van der Waals surface area contributed by atoms with Crippen molar-refractivity contribution in [1.82, 2.24) is 4.98 Å². The average molecular weight is 265 g/mol. The van der Waals surface area contributed by atoms with Gasteiger partial charge in [-0.05, 0) is 12.1 Å². The maximum absolute atomic E-state index is 9.41. The van der Waals surface area contributed by atoms with E-state index in [1.165, 1.54) is 0 Å². The minimum atomic E-state index is -0.0304. The number of aliphatic hydroxyl groups excluding tert-OH is 1. The van der Waals surface area contributed by atoms with E-state index in [2.05, 4.69) is 9.88 Å². The number of aromatic nitrogens is 1. The van der Waals surface area contributed by atoms with Crippen LogP contribution in [0.15, 0.2) is 17.6 Å². The molecule has 3 N–H and O–H groups in total. The third kappa shape index (κ3) is 1.82. The highest BCUT2D eigenvalue weighted by molar-refractivity contribution is 7.16. The molecule has 2 aromatic rings. The van der Waals surface area contributed by atoms with Crippen LogP contribution in [0, 0.1) is 0 Å². The Hall–Kier alpha value is -1.37. The van der Waals surface area contributed by atoms with Gasteiger partial charge in [-0.2, -0.15) is 0 Å². The predicted octanol–water partition coefficient (Wildman–Crippen LogP) is 1.08. The molecule has 96 valence electrons. The number of hydrogen-bond acceptors (Lipinski definition) is 6. The summed E-state index contributed by atoms with van der Waals surface area (Å²) < 4.78 is 6.47. The summed E-state index contributed by atoms with van der Waals surface area (Å²) in [6.45, 7) is 2.00. The lowest BCUT2D eigenvalue weighted by Crippen LogP contribution is -2.47. The molecule has 18 heavy (non-hydrogen) atoms. The number of anilines is 2. The van der Waals surface area contributed by atoms with Crippen LogP contribution in [0.4, 0.5) is 11.4 Å². The highest BCUT2D eigenvalue weighted by Gasteiger charge is 2.24. The Balaban J connectivity index is 2.04. The van der Waals surface area contributed by atoms with Crippen LogP contribution in [0.3, 0.4) is 0 Å². The van der Waals surface area contributed by atoms with Gasteiger partial charge in [0.2, 0.25) is 0 Å². The van der Waals surface area contributed by atoms with Gasteiger partial charge in [0, 0.05) is 6.54 Å². The minimum Gasteiger partial charge on any atom is -0.395 e. The van der Waals surface area contributed by atoms with Gasteiger partial charge in [-0.25, -0.2) is 4.98 Å². The second-order valence-corrected chi connectivity index (χ2v) is 5.19. The van der Waals surface area contributed by atoms with Crippen LogP contribution in [0.1, 0.15) is 0 Å². The number of aliphatic hydroxyl groups is 1. The van der Waals surface area contributed by atoms with Gasteiger partial charge in [0.15, 0.2) is 0 Å². The Kier molecular flexibility index (Phi) is 3.07. The van der Waals surface area contributed by atoms with Gasteiger partial charge in [0.25, 0.3) is 0 Å². The summed E-state index contributed by atoms with van der Waals surface area (Å²) in [7, 11) is 0. The van der Waals surface area contributed by atoms with Crippen LogP contribution < -0.4 is 10.6 Å². The van der Waals surface area contributed by atoms with Crippen molar-refractivity contribution >= 4 is 32.9 Å². The average Bonchev–Trinajstić information content (AvgIpc) is 2.88. The number of morpholine rings is 1. The molecule has 5 nitrogen and oxygen atoms in total. The van der Waals surface area contributed by atoms with E-state index in [1.54, 1.807) is 16.8 Å². The SMILES string of the molecule is Nc1c(N2CCOCC2CO)ccc2scnc12. The zero-order valence-electron chi connectivity index (χ0n) is 9.87. The van der Waals surface area contributed by atoms with Gasteiger partial charge in [-0.3, -0.25) is 0 Å². The van der Waals surface area contributed by atoms with Gasteiger partial charge in [0.1, 0.15) is 5.52 Å². The number of rotatable bonds is 2. The normalized spacial score (nSPS) is 20.5. The van der Waals surface area contributed by atoms with E-state index in [0.717, 1.165) is 22.4 Å². The first kappa shape index (κ1) is 11.7. The van der Waals surface area contributed by atoms with Crippen molar-refractivity contribution in [3.8, 4) is 0 Å². The Bertz CT molecular complexity index is 557. The van der Waals surface area contributed by atoms with Crippen molar-refractivity contribution in [2.24, 2.45) is 0 Å². The Labute approximate surface area is 109 Å². The standard InChI is InChI=1S/C12H15N3O2S/c13-11-9(1-2-10-12(11)14-7-18-10)15-3-4-17-6-8(15)5-16/h1-2,7-8,16H,3-6,13H2. The number of fused-ring (bicyclic) bond motifs is 1. The maximum atomic E-state index is 9.41. The summed E-state index contributed by atoms with van der Waals surface area (Å²) in [5.41, 5.74) is 10.5. The molecule has 1 fully saturated rings. The second kappa shape index (κ2) is 4.72. The van der Waals surface area contributed by atoms with Crippen molar-refractivity contribution < 1.29 is 9.84 Å². The molecule has 0 aliphatic carbocycles. The number of benzene rings is 1. The smallest absolute Gasteiger partial charge is 0.106 e. The Morgan fingerprint density at radius 3 is 3.28 bits per heavy atom. The molecule has 0 amide bonds. The maximum Gasteiger partial charge on any atom is 0.106 e. The Morgan fingerprint density at radius 2 is 2.44 bits per heavy atom. The van der Waals surface area contributed by atoms with E-state index in [9.17, 15) is 5.11 Å². The molecule has 1 aromatic heterocycles. The molecule has 1 aliphatic rings. The molecule has 1 unspecified atom stereocenters. The van der Waals surface area contributed by atoms with Crippen LogP contribution in [-0.4, -0.2) is 42.5 Å². The van der Waals surface area contributed by atoms with Crippen molar-refractivity contribution in [2.45, 2.75) is 6.04 Å². The monoisotopic (exact) mass is 265 g/mol. The van der Waals surface area contributed by atoms with Crippen molar-refractivity contribution in [2.75, 3.05) is 37.0 Å². The topological polar surface area (TPSA) is 71.6 Å². The summed E-state index contributed by atoms with van der Waals surface area (Å²) in [6.07, 6.45) is 0. The molecule has 6 heteroatoms. The first-order valence-corrected chi connectivity index (χ1v) is 6.76. The van der Waals surface area contributed by atoms with E-state index < -0.39 is 0 Å². The summed E-state index contributed by atoms with van der Waals surface area (Å²) in [5, 5.41) is 9.41. The fourth-order valence-corrected chi connectivity index (χ4v) is 3.01. The van der Waals surface area contributed by atoms with Crippen molar-refractivity contribution in [3.05, 3.63) is 17.6 Å². The molecule has 0 spiro atoms. The molecule has 0 radical (unpaired) electrons. The van der Waals surface area contributed by atoms with E-state index in [-0.39, 0.29) is 12.6 Å². The molecule has 3 rings (SSSR count). The number of nitrogens with two attached hydrogens (primary N) is 1. The van der Waals surface area contributed by atoms with Crippen LogP contribution in [0.2, 0.25) is 0 Å². The van der Waals surface area contributed by atoms with E-state index in [4.69, 9.17) is 10.5 Å². The molecule has 0 saturated carbocycles. The highest BCUT2D eigenvalue weighted by atomic mass is 32.1. The lowest BCUT2D eigenvalue weighted by molar-refractivity contribution is 0.0728. The number of hydrogen-bond donors (Lipinski definition) is 2. The van der Waals surface area contributed by atoms with Crippen LogP contribution in [0.5, 0.6) is 0 Å².